The molecule has 5 nitrogen and oxygen atoms in total. The molecule has 0 aromatic carbocycles. The molecule has 0 radical (unpaired) electrons. The van der Waals surface area contributed by atoms with Crippen LogP contribution in [-0.4, -0.2) is 42.8 Å². The predicted octanol–water partition coefficient (Wildman–Crippen LogP) is 1.40. The third-order valence-corrected chi connectivity index (χ3v) is 3.36. The van der Waals surface area contributed by atoms with E-state index in [0.717, 1.165) is 6.42 Å². The standard InChI is InChI=1S/C12H20O5/c1-11(2)13-6-9(16-11)7-5-8-10(14-7)17-12(3,4)15-8/h7-10H,5-6H2,1-4H3/t7-,8-,9?,10-/m1/s1. The Hall–Kier alpha value is -0.200. The number of fused-ring (bicyclic) bond motifs is 1. The Labute approximate surface area is 101 Å². The van der Waals surface area contributed by atoms with Crippen molar-refractivity contribution in [2.45, 2.75) is 70.3 Å². The van der Waals surface area contributed by atoms with Crippen molar-refractivity contribution in [3.05, 3.63) is 0 Å². The number of rotatable bonds is 1. The lowest BCUT2D eigenvalue weighted by Gasteiger charge is -2.23. The van der Waals surface area contributed by atoms with Gasteiger partial charge >= 0.3 is 0 Å². The minimum Gasteiger partial charge on any atom is -0.348 e. The highest BCUT2D eigenvalue weighted by Crippen LogP contribution is 2.40. The average molecular weight is 244 g/mol. The SMILES string of the molecule is CC1(C)OCC([C@H]2C[C@H]3OC(C)(C)O[C@H]3O2)O1. The molecule has 3 aliphatic rings. The van der Waals surface area contributed by atoms with Crippen LogP contribution < -0.4 is 0 Å². The minimum atomic E-state index is -0.535. The fourth-order valence-electron chi connectivity index (χ4n) is 2.67. The Balaban J connectivity index is 1.60. The third kappa shape index (κ3) is 2.22. The molecule has 0 spiro atoms. The lowest BCUT2D eigenvalue weighted by atomic mass is 10.1. The maximum atomic E-state index is 5.85. The molecular weight excluding hydrogens is 224 g/mol. The largest absolute Gasteiger partial charge is 0.348 e. The first-order valence-electron chi connectivity index (χ1n) is 6.18. The van der Waals surface area contributed by atoms with Crippen LogP contribution in [0, 0.1) is 0 Å². The minimum absolute atomic E-state index is 0.00266. The molecule has 0 aliphatic carbocycles. The molecule has 4 atom stereocenters. The highest BCUT2D eigenvalue weighted by atomic mass is 16.8. The molecule has 98 valence electrons. The molecule has 0 saturated carbocycles. The molecule has 3 saturated heterocycles. The van der Waals surface area contributed by atoms with Crippen molar-refractivity contribution in [2.24, 2.45) is 0 Å². The third-order valence-electron chi connectivity index (χ3n) is 3.36. The normalized spacial score (nSPS) is 47.3. The zero-order valence-corrected chi connectivity index (χ0v) is 10.8. The Morgan fingerprint density at radius 1 is 0.824 bits per heavy atom. The number of hydrogen-bond acceptors (Lipinski definition) is 5. The van der Waals surface area contributed by atoms with E-state index in [1.165, 1.54) is 0 Å². The summed E-state index contributed by atoms with van der Waals surface area (Å²) in [5.41, 5.74) is 0. The van der Waals surface area contributed by atoms with Crippen molar-refractivity contribution < 1.29 is 23.7 Å². The molecular formula is C12H20O5. The fourth-order valence-corrected chi connectivity index (χ4v) is 2.67. The van der Waals surface area contributed by atoms with Crippen molar-refractivity contribution in [3.63, 3.8) is 0 Å². The van der Waals surface area contributed by atoms with Crippen LogP contribution in [-0.2, 0) is 23.7 Å². The van der Waals surface area contributed by atoms with Crippen LogP contribution in [0.1, 0.15) is 34.1 Å². The van der Waals surface area contributed by atoms with E-state index in [2.05, 4.69) is 0 Å². The Morgan fingerprint density at radius 2 is 1.53 bits per heavy atom. The van der Waals surface area contributed by atoms with Gasteiger partial charge in [0.1, 0.15) is 12.2 Å². The molecule has 3 heterocycles. The zero-order chi connectivity index (χ0) is 12.3. The molecule has 1 unspecified atom stereocenters. The average Bonchev–Trinajstić information content (AvgIpc) is 2.75. The number of hydrogen-bond donors (Lipinski definition) is 0. The lowest BCUT2D eigenvalue weighted by molar-refractivity contribution is -0.220. The quantitative estimate of drug-likeness (QED) is 0.697. The first kappa shape index (κ1) is 11.9. The van der Waals surface area contributed by atoms with E-state index < -0.39 is 11.6 Å². The summed E-state index contributed by atoms with van der Waals surface area (Å²) in [5.74, 6) is -1.04. The van der Waals surface area contributed by atoms with Crippen LogP contribution in [0.15, 0.2) is 0 Å². The molecule has 5 heteroatoms. The summed E-state index contributed by atoms with van der Waals surface area (Å²) in [6.45, 7) is 8.21. The fraction of sp³-hybridized carbons (Fsp3) is 1.00. The Bertz CT molecular complexity index is 298. The molecule has 0 aromatic rings. The van der Waals surface area contributed by atoms with Crippen molar-refractivity contribution in [1.29, 1.82) is 0 Å². The highest BCUT2D eigenvalue weighted by Gasteiger charge is 2.52. The first-order chi connectivity index (χ1) is 7.85. The summed E-state index contributed by atoms with van der Waals surface area (Å²) in [6.07, 6.45) is 0.538. The second-order valence-corrected chi connectivity index (χ2v) is 5.82. The molecule has 3 fully saturated rings. The molecule has 0 N–H and O–H groups in total. The summed E-state index contributed by atoms with van der Waals surface area (Å²) >= 11 is 0. The highest BCUT2D eigenvalue weighted by molar-refractivity contribution is 4.90. The van der Waals surface area contributed by atoms with E-state index in [1.807, 2.05) is 27.7 Å². The Morgan fingerprint density at radius 3 is 2.12 bits per heavy atom. The van der Waals surface area contributed by atoms with Crippen LogP contribution in [0.4, 0.5) is 0 Å². The van der Waals surface area contributed by atoms with Crippen molar-refractivity contribution in [2.75, 3.05) is 6.61 Å². The van der Waals surface area contributed by atoms with Gasteiger partial charge in [0.25, 0.3) is 0 Å². The smallest absolute Gasteiger partial charge is 0.187 e. The van der Waals surface area contributed by atoms with E-state index in [-0.39, 0.29) is 24.6 Å². The van der Waals surface area contributed by atoms with E-state index in [0.29, 0.717) is 6.61 Å². The van der Waals surface area contributed by atoms with E-state index in [4.69, 9.17) is 23.7 Å². The van der Waals surface area contributed by atoms with Gasteiger partial charge in [-0.2, -0.15) is 0 Å². The Kier molecular flexibility index (Phi) is 2.55. The van der Waals surface area contributed by atoms with Gasteiger partial charge in [0.15, 0.2) is 17.9 Å². The van der Waals surface area contributed by atoms with E-state index in [9.17, 15) is 0 Å². The molecule has 0 bridgehead atoms. The van der Waals surface area contributed by atoms with Gasteiger partial charge in [0.05, 0.1) is 12.7 Å². The van der Waals surface area contributed by atoms with Gasteiger partial charge < -0.3 is 23.7 Å². The van der Waals surface area contributed by atoms with Gasteiger partial charge in [0, 0.05) is 6.42 Å². The monoisotopic (exact) mass is 244 g/mol. The van der Waals surface area contributed by atoms with Crippen LogP contribution >= 0.6 is 0 Å². The van der Waals surface area contributed by atoms with Crippen molar-refractivity contribution in [3.8, 4) is 0 Å². The van der Waals surface area contributed by atoms with Gasteiger partial charge in [-0.25, -0.2) is 0 Å². The summed E-state index contributed by atoms with van der Waals surface area (Å²) in [7, 11) is 0. The number of ether oxygens (including phenoxy) is 5. The second-order valence-electron chi connectivity index (χ2n) is 5.82. The lowest BCUT2D eigenvalue weighted by Crippen LogP contribution is -2.33. The van der Waals surface area contributed by atoms with Crippen molar-refractivity contribution >= 4 is 0 Å². The molecule has 17 heavy (non-hydrogen) atoms. The predicted molar refractivity (Wildman–Crippen MR) is 58.2 cm³/mol. The maximum Gasteiger partial charge on any atom is 0.187 e. The first-order valence-corrected chi connectivity index (χ1v) is 6.18. The molecule has 0 amide bonds. The van der Waals surface area contributed by atoms with Gasteiger partial charge in [-0.05, 0) is 27.7 Å². The van der Waals surface area contributed by atoms with E-state index in [1.54, 1.807) is 0 Å². The van der Waals surface area contributed by atoms with Crippen LogP contribution in [0.25, 0.3) is 0 Å². The van der Waals surface area contributed by atoms with Gasteiger partial charge in [0.2, 0.25) is 0 Å². The molecule has 3 rings (SSSR count). The summed E-state index contributed by atoms with van der Waals surface area (Å²) in [5, 5.41) is 0. The molecule has 3 aliphatic heterocycles. The van der Waals surface area contributed by atoms with Gasteiger partial charge in [-0.1, -0.05) is 0 Å². The van der Waals surface area contributed by atoms with Gasteiger partial charge in [-0.15, -0.1) is 0 Å². The molecule has 0 aromatic heterocycles. The van der Waals surface area contributed by atoms with Gasteiger partial charge in [-0.3, -0.25) is 0 Å². The van der Waals surface area contributed by atoms with Crippen LogP contribution in [0.3, 0.4) is 0 Å². The topological polar surface area (TPSA) is 46.2 Å². The zero-order valence-electron chi connectivity index (χ0n) is 10.8. The summed E-state index contributed by atoms with van der Waals surface area (Å²) in [6, 6.07) is 0. The van der Waals surface area contributed by atoms with Crippen molar-refractivity contribution in [1.82, 2.24) is 0 Å². The summed E-state index contributed by atoms with van der Waals surface area (Å²) in [4.78, 5) is 0. The van der Waals surface area contributed by atoms with Crippen LogP contribution in [0.2, 0.25) is 0 Å². The maximum absolute atomic E-state index is 5.85. The van der Waals surface area contributed by atoms with E-state index >= 15 is 0 Å². The summed E-state index contributed by atoms with van der Waals surface area (Å²) < 4.78 is 28.6. The van der Waals surface area contributed by atoms with Crippen LogP contribution in [0.5, 0.6) is 0 Å². The second kappa shape index (κ2) is 3.65.